The number of pyridine rings is 4. The summed E-state index contributed by atoms with van der Waals surface area (Å²) in [5.74, 6) is 7.42. The molecule has 0 radical (unpaired) electrons. The molecule has 116 heavy (non-hydrogen) atoms. The Morgan fingerprint density at radius 1 is 0.293 bits per heavy atom. The third-order valence-electron chi connectivity index (χ3n) is 9.39. The molecule has 8 aromatic rings. The normalized spacial score (nSPS) is 7.69. The van der Waals surface area contributed by atoms with Crippen LogP contribution in [0.2, 0.25) is 0 Å². The first-order chi connectivity index (χ1) is 51.5. The van der Waals surface area contributed by atoms with E-state index in [1.54, 1.807) is 187 Å². The van der Waals surface area contributed by atoms with E-state index in [1.807, 2.05) is 72.8 Å². The van der Waals surface area contributed by atoms with Crippen LogP contribution >= 0.6 is 0 Å². The van der Waals surface area contributed by atoms with Crippen molar-refractivity contribution in [2.45, 2.75) is 53.4 Å². The van der Waals surface area contributed by atoms with Crippen molar-refractivity contribution in [2.75, 3.05) is 114 Å². The van der Waals surface area contributed by atoms with Crippen molar-refractivity contribution in [3.8, 4) is 69.0 Å². The number of carboxylic acids is 4. The van der Waals surface area contributed by atoms with E-state index in [2.05, 4.69) is 121 Å². The van der Waals surface area contributed by atoms with Crippen LogP contribution in [0.25, 0.3) is 21.3 Å². The maximum atomic E-state index is 9.00. The molecule has 0 saturated carbocycles. The third kappa shape index (κ3) is 108. The van der Waals surface area contributed by atoms with Gasteiger partial charge in [-0.05, 0) is 0 Å². The Hall–Kier alpha value is -7.58. The number of carboxylic acid groups (broad SMARTS) is 4. The fourth-order valence-electron chi connectivity index (χ4n) is 5.27. The van der Waals surface area contributed by atoms with Gasteiger partial charge >= 0.3 is 86.8 Å². The molecule has 0 amide bonds. The van der Waals surface area contributed by atoms with E-state index < -0.39 is 23.9 Å². The molecule has 0 aliphatic rings. The van der Waals surface area contributed by atoms with Gasteiger partial charge in [0.05, 0.1) is 85.3 Å². The number of aliphatic carboxylic acids is 4. The Morgan fingerprint density at radius 2 is 0.405 bits per heavy atom. The van der Waals surface area contributed by atoms with Crippen molar-refractivity contribution in [1.82, 2.24) is 19.9 Å². The van der Waals surface area contributed by atoms with Gasteiger partial charge in [-0.15, -0.1) is 0 Å². The van der Waals surface area contributed by atoms with Crippen LogP contribution in [0.4, 0.5) is 23.3 Å². The quantitative estimate of drug-likeness (QED) is 0.0653. The first-order valence-corrected chi connectivity index (χ1v) is 31.4. The Balaban J connectivity index is -0.0000000668. The summed E-state index contributed by atoms with van der Waals surface area (Å²) in [7, 11) is 25.9. The molecule has 4 N–H and O–H groups in total. The SMILES string of the molecule is CC(=O)O.CC(=O)O.CC(=O)O.CC(=O)O.COc1[c-]c(OC)cc(OC)c1.COc1[c-]c(OC)cc(OC)c1.COc1[c-]c(OC)cc(OC)c1.COc1[c-]c(OC)cc(OC)c1.C[N-]c1ccccn1.C[N-]c1ccccn1.C[N-]c1ccccn1.C[N-]c1ccccn1.[CH2-]C[CH2-].[CH2-]C[CH2-].[CH2-]C[CH2-].[CH2-]C[CH2-].[Cr+2].[Cr+2].[Cr+4].[Cr+4].[Cr+4].[Cr].[Cr].[Cr]. The maximum Gasteiger partial charge on any atom is 4.00 e. The fraction of sp³-hybridized carbons (Fsp3) is 0.300. The van der Waals surface area contributed by atoms with E-state index >= 15 is 0 Å². The van der Waals surface area contributed by atoms with E-state index in [1.165, 1.54) is 0 Å². The minimum atomic E-state index is -0.833. The van der Waals surface area contributed by atoms with Crippen molar-refractivity contribution in [1.29, 1.82) is 0 Å². The molecular formula is C80H112Cr8N8O20. The van der Waals surface area contributed by atoms with E-state index in [0.717, 1.165) is 76.6 Å². The summed E-state index contributed by atoms with van der Waals surface area (Å²) in [6.07, 6.45) is 9.90. The molecule has 4 aromatic carbocycles. The zero-order chi connectivity index (χ0) is 84.3. The summed E-state index contributed by atoms with van der Waals surface area (Å²) >= 11 is 0. The van der Waals surface area contributed by atoms with Gasteiger partial charge < -0.3 is 200 Å². The predicted molar refractivity (Wildman–Crippen MR) is 427 cm³/mol. The van der Waals surface area contributed by atoms with Gasteiger partial charge in [0.2, 0.25) is 0 Å². The van der Waals surface area contributed by atoms with E-state index in [9.17, 15) is 0 Å². The average molecular weight is 1920 g/mol. The first kappa shape index (κ1) is 146. The van der Waals surface area contributed by atoms with Crippen LogP contribution in [0.3, 0.4) is 0 Å². The Morgan fingerprint density at radius 3 is 0.466 bits per heavy atom. The van der Waals surface area contributed by atoms with Crippen molar-refractivity contribution >= 4 is 47.1 Å². The number of aromatic nitrogens is 4. The molecule has 640 valence electrons. The second-order valence-corrected chi connectivity index (χ2v) is 17.8. The number of ether oxygens (including phenoxy) is 12. The molecule has 0 saturated heterocycles. The standard InChI is InChI=1S/4C9H11O3.4C6H7N2.4C3H6.4C2H4O2.8Cr/c4*1-10-7-4-8(11-2)6-9(5-7)12-3;4*1-7-6-4-2-3-5-8-6;4*1-3-2;4*1-2(3)4;;;;;;;;/h4*4-5H,1-3H3;4*2-5H,1H3;4*1-3H2;4*1H3,(H,3,4);;;;;;;;/q8*-1;4*-2;;;;;;;;2*+2;3*+4. The number of hydrogen-bond acceptors (Lipinski definition) is 20. The van der Waals surface area contributed by atoms with Gasteiger partial charge in [-0.25, -0.2) is 0 Å². The molecule has 0 aliphatic heterocycles. The zero-order valence-corrected chi connectivity index (χ0v) is 79.7. The molecule has 4 heterocycles. The summed E-state index contributed by atoms with van der Waals surface area (Å²) in [5.41, 5.74) is 0. The minimum Gasteiger partial charge on any atom is -0.522 e. The van der Waals surface area contributed by atoms with Gasteiger partial charge in [0.25, 0.3) is 23.9 Å². The summed E-state index contributed by atoms with van der Waals surface area (Å²) < 4.78 is 59.9. The zero-order valence-electron chi connectivity index (χ0n) is 69.5. The van der Waals surface area contributed by atoms with Gasteiger partial charge in [-0.3, -0.25) is 19.2 Å². The monoisotopic (exact) mass is 1920 g/mol. The molecule has 0 bridgehead atoms. The van der Waals surface area contributed by atoms with Crippen LogP contribution in [-0.4, -0.2) is 178 Å². The molecule has 4 aromatic heterocycles. The second-order valence-electron chi connectivity index (χ2n) is 17.8. The summed E-state index contributed by atoms with van der Waals surface area (Å²) in [4.78, 5) is 51.7. The van der Waals surface area contributed by atoms with Gasteiger partial charge in [0, 0.05) is 149 Å². The molecule has 0 atom stereocenters. The number of rotatable bonds is 16. The van der Waals surface area contributed by atoms with Crippen molar-refractivity contribution in [3.63, 3.8) is 0 Å². The third-order valence-corrected chi connectivity index (χ3v) is 9.39. The minimum absolute atomic E-state index is 0. The van der Waals surface area contributed by atoms with E-state index in [4.69, 9.17) is 96.4 Å². The number of nitrogens with zero attached hydrogens (tertiary/aromatic N) is 8. The largest absolute Gasteiger partial charge is 4.00 e. The smallest absolute Gasteiger partial charge is 0.522 e. The topological polar surface area (TPSA) is 368 Å². The van der Waals surface area contributed by atoms with Crippen molar-refractivity contribution < 1.29 is 235 Å². The Kier molecular flexibility index (Phi) is 141. The van der Waals surface area contributed by atoms with Crippen LogP contribution < -0.4 is 56.8 Å². The van der Waals surface area contributed by atoms with Crippen molar-refractivity contribution in [2.24, 2.45) is 0 Å². The molecule has 8 rings (SSSR count). The molecule has 28 nitrogen and oxygen atoms in total. The predicted octanol–water partition coefficient (Wildman–Crippen LogP) is 17.4. The van der Waals surface area contributed by atoms with Gasteiger partial charge in [-0.2, -0.15) is 0 Å². The van der Waals surface area contributed by atoms with Crippen LogP contribution in [0, 0.1) is 79.7 Å². The van der Waals surface area contributed by atoms with Gasteiger partial charge in [-0.1, -0.05) is 222 Å². The fourth-order valence-corrected chi connectivity index (χ4v) is 5.27. The molecule has 0 aliphatic carbocycles. The Bertz CT molecular complexity index is 2670. The number of hydrogen-bond donors (Lipinski definition) is 4. The Labute approximate surface area is 778 Å². The second kappa shape index (κ2) is 112. The summed E-state index contributed by atoms with van der Waals surface area (Å²) in [5, 5.41) is 45.1. The molecule has 0 spiro atoms. The number of methoxy groups -OCH3 is 12. The van der Waals surface area contributed by atoms with Crippen LogP contribution in [0.1, 0.15) is 53.4 Å². The molecule has 36 heteroatoms. The average Bonchev–Trinajstić information content (AvgIpc) is 0.901. The number of carbonyl (C=O) groups is 4. The van der Waals surface area contributed by atoms with Crippen LogP contribution in [0.15, 0.2) is 146 Å². The summed E-state index contributed by atoms with van der Waals surface area (Å²) in [6, 6.07) is 48.1. The van der Waals surface area contributed by atoms with Gasteiger partial charge in [0.1, 0.15) is 0 Å². The maximum absolute atomic E-state index is 9.00. The van der Waals surface area contributed by atoms with Crippen molar-refractivity contribution in [3.05, 3.63) is 247 Å². The molecular weight excluding hydrogens is 1810 g/mol. The van der Waals surface area contributed by atoms with Crippen LogP contribution in [0.5, 0.6) is 69.0 Å². The van der Waals surface area contributed by atoms with E-state index in [0.29, 0.717) is 69.0 Å². The van der Waals surface area contributed by atoms with Crippen LogP contribution in [-0.2, 0) is 158 Å². The summed E-state index contributed by atoms with van der Waals surface area (Å²) in [6.45, 7) is 31.3. The molecule has 0 fully saturated rings. The molecule has 0 unspecified atom stereocenters. The number of benzene rings is 4. The van der Waals surface area contributed by atoms with Gasteiger partial charge in [0.15, 0.2) is 0 Å². The first-order valence-electron chi connectivity index (χ1n) is 31.4. The van der Waals surface area contributed by atoms with E-state index in [-0.39, 0.29) is 139 Å².